The molecule has 1 aliphatic heterocycles. The molecule has 6 nitrogen and oxygen atoms in total. The summed E-state index contributed by atoms with van der Waals surface area (Å²) in [5, 5.41) is 0.883. The number of hydrogen-bond donors (Lipinski definition) is 0. The molecule has 32 heavy (non-hydrogen) atoms. The van der Waals surface area contributed by atoms with Gasteiger partial charge < -0.3 is 9.80 Å². The summed E-state index contributed by atoms with van der Waals surface area (Å²) in [6.07, 6.45) is 7.95. The van der Waals surface area contributed by atoms with E-state index in [9.17, 15) is 9.59 Å². The Kier molecular flexibility index (Phi) is 7.27. The van der Waals surface area contributed by atoms with Crippen molar-refractivity contribution in [3.63, 3.8) is 0 Å². The quantitative estimate of drug-likeness (QED) is 0.515. The van der Waals surface area contributed by atoms with Gasteiger partial charge in [0, 0.05) is 56.2 Å². The van der Waals surface area contributed by atoms with Crippen LogP contribution in [-0.2, 0) is 11.2 Å². The zero-order valence-corrected chi connectivity index (χ0v) is 19.1. The Bertz CT molecular complexity index is 1060. The molecule has 1 fully saturated rings. The first-order valence-corrected chi connectivity index (χ1v) is 12.2. The largest absolute Gasteiger partial charge is 0.339 e. The van der Waals surface area contributed by atoms with E-state index in [-0.39, 0.29) is 11.8 Å². The molecular weight excluding hydrogens is 420 g/mol. The Labute approximate surface area is 193 Å². The fraction of sp³-hybridized carbons (Fsp3) is 0.320. The van der Waals surface area contributed by atoms with Crippen molar-refractivity contribution in [3.8, 4) is 5.69 Å². The van der Waals surface area contributed by atoms with Crippen molar-refractivity contribution in [3.05, 3.63) is 78.1 Å². The Hall–Kier alpha value is -3.06. The number of carbonyl (C=O) groups excluding carboxylic acids is 2. The van der Waals surface area contributed by atoms with Gasteiger partial charge >= 0.3 is 0 Å². The molecule has 4 rings (SSSR count). The molecular formula is C25H28N4O2S. The third-order valence-corrected chi connectivity index (χ3v) is 6.45. The van der Waals surface area contributed by atoms with Gasteiger partial charge in [-0.3, -0.25) is 14.2 Å². The maximum atomic E-state index is 13.1. The highest BCUT2D eigenvalue weighted by molar-refractivity contribution is 7.98. The Morgan fingerprint density at radius 1 is 0.969 bits per heavy atom. The first-order valence-electron chi connectivity index (χ1n) is 10.9. The summed E-state index contributed by atoms with van der Waals surface area (Å²) in [5.74, 6) is 0.188. The Morgan fingerprint density at radius 2 is 1.72 bits per heavy atom. The van der Waals surface area contributed by atoms with Gasteiger partial charge in [0.05, 0.1) is 0 Å². The molecule has 0 atom stereocenters. The predicted octanol–water partition coefficient (Wildman–Crippen LogP) is 3.90. The smallest absolute Gasteiger partial charge is 0.254 e. The zero-order valence-electron chi connectivity index (χ0n) is 18.3. The second kappa shape index (κ2) is 10.5. The standard InChI is InChI=1S/C25H28N4O2S/c1-32-25-26-13-14-29(25)22-11-6-10-21(19-22)24(31)28-17-15-27(16-18-28)23(30)12-5-9-20-7-3-2-4-8-20/h2-4,6-8,10-11,13-14,19H,5,9,12,15-18H2,1H3. The molecule has 0 spiro atoms. The molecule has 0 saturated carbocycles. The van der Waals surface area contributed by atoms with Gasteiger partial charge in [0.2, 0.25) is 5.91 Å². The molecule has 0 unspecified atom stereocenters. The van der Waals surface area contributed by atoms with Crippen molar-refractivity contribution < 1.29 is 9.59 Å². The lowest BCUT2D eigenvalue weighted by Crippen LogP contribution is -2.50. The van der Waals surface area contributed by atoms with Crippen molar-refractivity contribution in [2.24, 2.45) is 0 Å². The molecule has 0 radical (unpaired) electrons. The number of thioether (sulfide) groups is 1. The summed E-state index contributed by atoms with van der Waals surface area (Å²) in [5.41, 5.74) is 2.84. The van der Waals surface area contributed by atoms with Crippen LogP contribution in [0.25, 0.3) is 5.69 Å². The number of benzene rings is 2. The second-order valence-electron chi connectivity index (χ2n) is 7.85. The van der Waals surface area contributed by atoms with Crippen LogP contribution in [0.1, 0.15) is 28.8 Å². The molecule has 7 heteroatoms. The number of amides is 2. The summed E-state index contributed by atoms with van der Waals surface area (Å²) in [6, 6.07) is 17.9. The molecule has 1 aliphatic rings. The molecule has 2 heterocycles. The minimum Gasteiger partial charge on any atom is -0.339 e. The van der Waals surface area contributed by atoms with Crippen LogP contribution in [0, 0.1) is 0 Å². The molecule has 0 N–H and O–H groups in total. The van der Waals surface area contributed by atoms with E-state index >= 15 is 0 Å². The van der Waals surface area contributed by atoms with E-state index in [1.807, 2.05) is 69.3 Å². The van der Waals surface area contributed by atoms with E-state index in [1.165, 1.54) is 5.56 Å². The van der Waals surface area contributed by atoms with E-state index in [4.69, 9.17) is 0 Å². The minimum atomic E-state index is 0.00819. The van der Waals surface area contributed by atoms with Gasteiger partial charge in [-0.1, -0.05) is 48.2 Å². The van der Waals surface area contributed by atoms with Crippen LogP contribution < -0.4 is 0 Å². The number of piperazine rings is 1. The zero-order chi connectivity index (χ0) is 22.3. The van der Waals surface area contributed by atoms with E-state index in [1.54, 1.807) is 18.0 Å². The third kappa shape index (κ3) is 5.22. The van der Waals surface area contributed by atoms with Crippen LogP contribution in [0.3, 0.4) is 0 Å². The maximum absolute atomic E-state index is 13.1. The van der Waals surface area contributed by atoms with Gasteiger partial charge in [0.15, 0.2) is 5.16 Å². The van der Waals surface area contributed by atoms with Gasteiger partial charge in [-0.15, -0.1) is 0 Å². The number of rotatable bonds is 7. The minimum absolute atomic E-state index is 0.00819. The van der Waals surface area contributed by atoms with Crippen molar-refractivity contribution in [1.82, 2.24) is 19.4 Å². The SMILES string of the molecule is CSc1nccn1-c1cccc(C(=O)N2CCN(C(=O)CCCc3ccccc3)CC2)c1. The van der Waals surface area contributed by atoms with Crippen LogP contribution in [0.4, 0.5) is 0 Å². The normalized spacial score (nSPS) is 13.9. The van der Waals surface area contributed by atoms with Crippen molar-refractivity contribution in [1.29, 1.82) is 0 Å². The molecule has 1 saturated heterocycles. The van der Waals surface area contributed by atoms with Gasteiger partial charge in [-0.25, -0.2) is 4.98 Å². The molecule has 166 valence electrons. The molecule has 0 bridgehead atoms. The van der Waals surface area contributed by atoms with E-state index < -0.39 is 0 Å². The number of carbonyl (C=O) groups is 2. The van der Waals surface area contributed by atoms with Gasteiger partial charge in [-0.05, 0) is 42.9 Å². The number of aromatic nitrogens is 2. The fourth-order valence-corrected chi connectivity index (χ4v) is 4.54. The summed E-state index contributed by atoms with van der Waals surface area (Å²) >= 11 is 1.57. The Balaban J connectivity index is 1.30. The van der Waals surface area contributed by atoms with E-state index in [0.717, 1.165) is 23.7 Å². The lowest BCUT2D eigenvalue weighted by Gasteiger charge is -2.35. The van der Waals surface area contributed by atoms with Crippen LogP contribution in [0.2, 0.25) is 0 Å². The monoisotopic (exact) mass is 448 g/mol. The lowest BCUT2D eigenvalue weighted by atomic mass is 10.1. The van der Waals surface area contributed by atoms with Gasteiger partial charge in [0.1, 0.15) is 0 Å². The molecule has 1 aromatic heterocycles. The van der Waals surface area contributed by atoms with Gasteiger partial charge in [0.25, 0.3) is 5.91 Å². The van der Waals surface area contributed by atoms with E-state index in [0.29, 0.717) is 38.2 Å². The summed E-state index contributed by atoms with van der Waals surface area (Å²) < 4.78 is 1.98. The predicted molar refractivity (Wildman–Crippen MR) is 127 cm³/mol. The molecule has 2 amide bonds. The fourth-order valence-electron chi connectivity index (χ4n) is 4.01. The first-order chi connectivity index (χ1) is 15.7. The Morgan fingerprint density at radius 3 is 2.47 bits per heavy atom. The highest BCUT2D eigenvalue weighted by Crippen LogP contribution is 2.20. The topological polar surface area (TPSA) is 58.4 Å². The van der Waals surface area contributed by atoms with Gasteiger partial charge in [-0.2, -0.15) is 0 Å². The maximum Gasteiger partial charge on any atom is 0.254 e. The summed E-state index contributed by atoms with van der Waals surface area (Å²) in [7, 11) is 0. The number of aryl methyl sites for hydroxylation is 1. The molecule has 0 aliphatic carbocycles. The highest BCUT2D eigenvalue weighted by atomic mass is 32.2. The number of nitrogens with zero attached hydrogens (tertiary/aromatic N) is 4. The summed E-state index contributed by atoms with van der Waals surface area (Å²) in [4.78, 5) is 33.7. The van der Waals surface area contributed by atoms with Crippen LogP contribution >= 0.6 is 11.8 Å². The van der Waals surface area contributed by atoms with Crippen molar-refractivity contribution >= 4 is 23.6 Å². The van der Waals surface area contributed by atoms with Crippen LogP contribution in [0.15, 0.2) is 72.1 Å². The number of hydrogen-bond acceptors (Lipinski definition) is 4. The molecule has 3 aromatic rings. The van der Waals surface area contributed by atoms with Crippen LogP contribution in [-0.4, -0.2) is 63.6 Å². The highest BCUT2D eigenvalue weighted by Gasteiger charge is 2.24. The second-order valence-corrected chi connectivity index (χ2v) is 8.62. The van der Waals surface area contributed by atoms with Crippen LogP contribution in [0.5, 0.6) is 0 Å². The van der Waals surface area contributed by atoms with E-state index in [2.05, 4.69) is 17.1 Å². The average molecular weight is 449 g/mol. The number of imidazole rings is 1. The van der Waals surface area contributed by atoms with Crippen molar-refractivity contribution in [2.45, 2.75) is 24.4 Å². The lowest BCUT2D eigenvalue weighted by molar-refractivity contribution is -0.132. The third-order valence-electron chi connectivity index (χ3n) is 5.78. The first kappa shape index (κ1) is 22.1. The average Bonchev–Trinajstić information content (AvgIpc) is 3.33. The van der Waals surface area contributed by atoms with Crippen molar-refractivity contribution in [2.75, 3.05) is 32.4 Å². The molecule has 2 aromatic carbocycles. The summed E-state index contributed by atoms with van der Waals surface area (Å²) in [6.45, 7) is 2.31.